The van der Waals surface area contributed by atoms with Gasteiger partial charge in [-0.3, -0.25) is 4.79 Å². The Labute approximate surface area is 138 Å². The minimum Gasteiger partial charge on any atom is -0.497 e. The molecule has 0 radical (unpaired) electrons. The van der Waals surface area contributed by atoms with Crippen LogP contribution < -0.4 is 4.74 Å². The predicted octanol–water partition coefficient (Wildman–Crippen LogP) is 2.28. The Balaban J connectivity index is 1.71. The van der Waals surface area contributed by atoms with Crippen molar-refractivity contribution in [2.24, 2.45) is 0 Å². The fourth-order valence-corrected chi connectivity index (χ4v) is 2.99. The molecule has 1 aliphatic rings. The number of hydrogen-bond acceptors (Lipinski definition) is 5. The van der Waals surface area contributed by atoms with Crippen LogP contribution in [0.5, 0.6) is 5.75 Å². The number of hydrogen-bond donors (Lipinski definition) is 0. The van der Waals surface area contributed by atoms with Crippen LogP contribution in [-0.4, -0.2) is 32.5 Å². The van der Waals surface area contributed by atoms with Gasteiger partial charge in [0.2, 0.25) is 5.76 Å². The average molecular weight is 324 g/mol. The van der Waals surface area contributed by atoms with Crippen LogP contribution in [0.25, 0.3) is 0 Å². The first-order valence-corrected chi connectivity index (χ1v) is 7.59. The van der Waals surface area contributed by atoms with Crippen LogP contribution in [0.4, 0.5) is 0 Å². The van der Waals surface area contributed by atoms with Crippen molar-refractivity contribution in [2.75, 3.05) is 7.11 Å². The molecule has 0 bridgehead atoms. The van der Waals surface area contributed by atoms with Gasteiger partial charge in [-0.05, 0) is 17.7 Å². The Kier molecular flexibility index (Phi) is 3.53. The highest BCUT2D eigenvalue weighted by molar-refractivity contribution is 5.91. The molecule has 24 heavy (non-hydrogen) atoms. The topological polar surface area (TPSA) is 73.4 Å². The molecule has 3 heterocycles. The first-order chi connectivity index (χ1) is 11.8. The van der Waals surface area contributed by atoms with Crippen molar-refractivity contribution >= 4 is 5.91 Å². The van der Waals surface area contributed by atoms with Gasteiger partial charge in [-0.1, -0.05) is 12.1 Å². The van der Waals surface area contributed by atoms with Gasteiger partial charge in [0, 0.05) is 18.9 Å². The summed E-state index contributed by atoms with van der Waals surface area (Å²) in [6.07, 6.45) is 6.39. The largest absolute Gasteiger partial charge is 0.497 e. The molecule has 0 aliphatic carbocycles. The highest BCUT2D eigenvalue weighted by Gasteiger charge is 2.33. The van der Waals surface area contributed by atoms with E-state index < -0.39 is 0 Å². The second-order valence-corrected chi connectivity index (χ2v) is 5.58. The normalized spacial score (nSPS) is 16.7. The number of carbonyl (C=O) groups is 1. The van der Waals surface area contributed by atoms with E-state index in [2.05, 4.69) is 14.5 Å². The number of ether oxygens (including phenoxy) is 1. The van der Waals surface area contributed by atoms with E-state index in [0.717, 1.165) is 17.1 Å². The van der Waals surface area contributed by atoms with Crippen molar-refractivity contribution in [2.45, 2.75) is 19.1 Å². The number of benzene rings is 1. The van der Waals surface area contributed by atoms with Crippen molar-refractivity contribution in [3.63, 3.8) is 0 Å². The Bertz CT molecular complexity index is 839. The van der Waals surface area contributed by atoms with E-state index >= 15 is 0 Å². The molecule has 1 aromatic carbocycles. The number of carbonyl (C=O) groups excluding carboxylic acids is 1. The maximum absolute atomic E-state index is 12.8. The van der Waals surface area contributed by atoms with Gasteiger partial charge in [-0.15, -0.1) is 0 Å². The molecular formula is C17H16N4O3. The van der Waals surface area contributed by atoms with Gasteiger partial charge in [0.15, 0.2) is 6.39 Å². The second kappa shape index (κ2) is 5.84. The number of methoxy groups -OCH3 is 1. The van der Waals surface area contributed by atoms with E-state index in [4.69, 9.17) is 9.15 Å². The van der Waals surface area contributed by atoms with Gasteiger partial charge in [-0.2, -0.15) is 0 Å². The van der Waals surface area contributed by atoms with Crippen molar-refractivity contribution in [1.82, 2.24) is 19.4 Å². The number of nitrogens with zero attached hydrogens (tertiary/aromatic N) is 4. The van der Waals surface area contributed by atoms with Crippen LogP contribution >= 0.6 is 0 Å². The molecule has 1 aliphatic heterocycles. The Morgan fingerprint density at radius 3 is 2.88 bits per heavy atom. The van der Waals surface area contributed by atoms with E-state index in [9.17, 15) is 4.79 Å². The summed E-state index contributed by atoms with van der Waals surface area (Å²) in [6, 6.07) is 7.64. The van der Waals surface area contributed by atoms with Gasteiger partial charge in [-0.25, -0.2) is 9.97 Å². The molecule has 2 aromatic heterocycles. The Hall–Kier alpha value is -3.09. The summed E-state index contributed by atoms with van der Waals surface area (Å²) in [6.45, 7) is 1.06. The lowest BCUT2D eigenvalue weighted by Gasteiger charge is -2.36. The molecule has 7 nitrogen and oxygen atoms in total. The van der Waals surface area contributed by atoms with Crippen LogP contribution in [0.3, 0.4) is 0 Å². The first kappa shape index (κ1) is 14.5. The molecule has 3 aromatic rings. The number of fused-ring (bicyclic) bond motifs is 1. The quantitative estimate of drug-likeness (QED) is 0.739. The molecule has 0 unspecified atom stereocenters. The molecule has 7 heteroatoms. The average Bonchev–Trinajstić information content (AvgIpc) is 3.31. The summed E-state index contributed by atoms with van der Waals surface area (Å²) in [4.78, 5) is 22.8. The van der Waals surface area contributed by atoms with Crippen LogP contribution in [0.15, 0.2) is 53.7 Å². The molecule has 0 fully saturated rings. The number of oxazole rings is 1. The maximum Gasteiger partial charge on any atom is 0.292 e. The summed E-state index contributed by atoms with van der Waals surface area (Å²) in [7, 11) is 1.63. The summed E-state index contributed by atoms with van der Waals surface area (Å²) >= 11 is 0. The maximum atomic E-state index is 12.8. The van der Waals surface area contributed by atoms with Crippen LogP contribution in [0, 0.1) is 0 Å². The lowest BCUT2D eigenvalue weighted by Crippen LogP contribution is -2.41. The molecule has 0 spiro atoms. The minimum absolute atomic E-state index is 0.116. The number of aromatic nitrogens is 3. The predicted molar refractivity (Wildman–Crippen MR) is 84.3 cm³/mol. The van der Waals surface area contributed by atoms with E-state index in [0.29, 0.717) is 13.1 Å². The van der Waals surface area contributed by atoms with Crippen LogP contribution in [0.1, 0.15) is 28.0 Å². The van der Waals surface area contributed by atoms with Gasteiger partial charge in [0.1, 0.15) is 11.6 Å². The van der Waals surface area contributed by atoms with Gasteiger partial charge < -0.3 is 18.6 Å². The molecule has 0 saturated heterocycles. The zero-order chi connectivity index (χ0) is 16.5. The van der Waals surface area contributed by atoms with Gasteiger partial charge in [0.05, 0.1) is 25.9 Å². The van der Waals surface area contributed by atoms with Crippen molar-refractivity contribution in [3.8, 4) is 5.75 Å². The lowest BCUT2D eigenvalue weighted by molar-refractivity contribution is 0.0552. The van der Waals surface area contributed by atoms with Gasteiger partial charge in [0.25, 0.3) is 5.91 Å². The molecule has 4 rings (SSSR count). The number of rotatable bonds is 3. The van der Waals surface area contributed by atoms with E-state index in [-0.39, 0.29) is 17.7 Å². The second-order valence-electron chi connectivity index (χ2n) is 5.58. The van der Waals surface area contributed by atoms with Crippen molar-refractivity contribution < 1.29 is 13.9 Å². The summed E-state index contributed by atoms with van der Waals surface area (Å²) in [5, 5.41) is 0. The first-order valence-electron chi connectivity index (χ1n) is 7.59. The highest BCUT2D eigenvalue weighted by atomic mass is 16.5. The molecule has 0 N–H and O–H groups in total. The van der Waals surface area contributed by atoms with Crippen LogP contribution in [-0.2, 0) is 13.1 Å². The van der Waals surface area contributed by atoms with Gasteiger partial charge >= 0.3 is 0 Å². The zero-order valence-corrected chi connectivity index (χ0v) is 13.1. The number of amides is 1. The molecule has 1 atom stereocenters. The summed E-state index contributed by atoms with van der Waals surface area (Å²) in [5.41, 5.74) is 1.03. The third kappa shape index (κ3) is 2.44. The van der Waals surface area contributed by atoms with Crippen molar-refractivity contribution in [3.05, 3.63) is 66.4 Å². The fraction of sp³-hybridized carbons (Fsp3) is 0.235. The Morgan fingerprint density at radius 1 is 1.33 bits per heavy atom. The smallest absolute Gasteiger partial charge is 0.292 e. The van der Waals surface area contributed by atoms with Crippen molar-refractivity contribution in [1.29, 1.82) is 0 Å². The molecular weight excluding hydrogens is 308 g/mol. The monoisotopic (exact) mass is 324 g/mol. The summed E-state index contributed by atoms with van der Waals surface area (Å²) in [5.74, 6) is 1.68. The summed E-state index contributed by atoms with van der Waals surface area (Å²) < 4.78 is 12.5. The van der Waals surface area contributed by atoms with E-state index in [1.54, 1.807) is 18.2 Å². The molecule has 1 amide bonds. The van der Waals surface area contributed by atoms with E-state index in [1.807, 2.05) is 30.5 Å². The SMILES string of the molecule is COc1ccc([C@@H]2Cn3ccnc3CN2C(=O)c2cnco2)cc1. The third-order valence-electron chi connectivity index (χ3n) is 4.26. The molecule has 122 valence electrons. The lowest BCUT2D eigenvalue weighted by atomic mass is 10.0. The third-order valence-corrected chi connectivity index (χ3v) is 4.26. The minimum atomic E-state index is -0.192. The van der Waals surface area contributed by atoms with Crippen LogP contribution in [0.2, 0.25) is 0 Å². The fourth-order valence-electron chi connectivity index (χ4n) is 2.99. The van der Waals surface area contributed by atoms with E-state index in [1.165, 1.54) is 12.6 Å². The standard InChI is InChI=1S/C17H16N4O3/c1-23-13-4-2-12(3-5-13)14-9-20-7-6-19-16(20)10-21(14)17(22)15-8-18-11-24-15/h2-8,11,14H,9-10H2,1H3/t14-/m0/s1. The zero-order valence-electron chi connectivity index (χ0n) is 13.1. The highest BCUT2D eigenvalue weighted by Crippen LogP contribution is 2.31. The number of imidazole rings is 1. The Morgan fingerprint density at radius 2 is 2.17 bits per heavy atom. The molecule has 0 saturated carbocycles.